The normalized spacial score (nSPS) is 12.4. The number of hydrogen-bond donors (Lipinski definition) is 2. The minimum atomic E-state index is 0.0805. The third kappa shape index (κ3) is 8.31. The van der Waals surface area contributed by atoms with E-state index < -0.39 is 0 Å². The molecule has 3 aromatic rings. The first-order chi connectivity index (χ1) is 17.5. The smallest absolute Gasteiger partial charge is 0.253 e. The Hall–Kier alpha value is -2.97. The summed E-state index contributed by atoms with van der Waals surface area (Å²) < 4.78 is 0. The van der Waals surface area contributed by atoms with Crippen LogP contribution in [0.3, 0.4) is 0 Å². The first-order valence-electron chi connectivity index (χ1n) is 13.3. The molecule has 3 rings (SSSR count). The molecular formula is C28H43N7O. The Kier molecular flexibility index (Phi) is 11.2. The number of carbonyl (C=O) groups is 1. The van der Waals surface area contributed by atoms with Crippen LogP contribution in [-0.4, -0.2) is 73.8 Å². The maximum Gasteiger partial charge on any atom is 0.253 e. The van der Waals surface area contributed by atoms with Crippen LogP contribution in [0.4, 0.5) is 0 Å². The van der Waals surface area contributed by atoms with E-state index in [9.17, 15) is 4.79 Å². The van der Waals surface area contributed by atoms with E-state index in [0.717, 1.165) is 68.3 Å². The Morgan fingerprint density at radius 2 is 1.56 bits per heavy atom. The maximum absolute atomic E-state index is 13.0. The summed E-state index contributed by atoms with van der Waals surface area (Å²) in [5.74, 6) is 1.91. The zero-order valence-corrected chi connectivity index (χ0v) is 22.4. The van der Waals surface area contributed by atoms with Crippen molar-refractivity contribution < 1.29 is 4.79 Å². The van der Waals surface area contributed by atoms with Gasteiger partial charge in [-0.3, -0.25) is 9.69 Å². The van der Waals surface area contributed by atoms with Gasteiger partial charge in [0.2, 0.25) is 0 Å². The second kappa shape index (κ2) is 14.6. The molecular weight excluding hydrogens is 450 g/mol. The van der Waals surface area contributed by atoms with E-state index in [2.05, 4.69) is 62.6 Å². The Labute approximate surface area is 216 Å². The van der Waals surface area contributed by atoms with Crippen LogP contribution in [0.1, 0.15) is 80.1 Å². The van der Waals surface area contributed by atoms with Gasteiger partial charge in [-0.2, -0.15) is 0 Å². The lowest BCUT2D eigenvalue weighted by molar-refractivity contribution is 0.0791. The van der Waals surface area contributed by atoms with Crippen molar-refractivity contribution in [2.24, 2.45) is 0 Å². The van der Waals surface area contributed by atoms with Gasteiger partial charge in [-0.25, -0.2) is 9.97 Å². The lowest BCUT2D eigenvalue weighted by Crippen LogP contribution is -2.30. The first kappa shape index (κ1) is 27.6. The lowest BCUT2D eigenvalue weighted by atomic mass is 10.1. The van der Waals surface area contributed by atoms with Gasteiger partial charge in [0, 0.05) is 50.5 Å². The molecule has 0 aliphatic heterocycles. The fourth-order valence-corrected chi connectivity index (χ4v) is 4.55. The second-order valence-corrected chi connectivity index (χ2v) is 9.56. The summed E-state index contributed by atoms with van der Waals surface area (Å²) in [5.41, 5.74) is 1.88. The fourth-order valence-electron chi connectivity index (χ4n) is 4.55. The Morgan fingerprint density at radius 3 is 2.17 bits per heavy atom. The number of amides is 1. The predicted molar refractivity (Wildman–Crippen MR) is 144 cm³/mol. The van der Waals surface area contributed by atoms with Crippen molar-refractivity contribution >= 4 is 5.91 Å². The molecule has 1 aromatic carbocycles. The van der Waals surface area contributed by atoms with Crippen molar-refractivity contribution in [3.8, 4) is 0 Å². The number of nitrogens with one attached hydrogen (secondary N) is 2. The average molecular weight is 494 g/mol. The van der Waals surface area contributed by atoms with Gasteiger partial charge in [0.25, 0.3) is 5.91 Å². The van der Waals surface area contributed by atoms with Crippen LogP contribution in [0.2, 0.25) is 0 Å². The number of carbonyl (C=O) groups excluding carboxylic acids is 1. The summed E-state index contributed by atoms with van der Waals surface area (Å²) >= 11 is 0. The summed E-state index contributed by atoms with van der Waals surface area (Å²) in [6, 6.07) is 8.09. The quantitative estimate of drug-likeness (QED) is 0.278. The molecule has 0 radical (unpaired) electrons. The van der Waals surface area contributed by atoms with E-state index in [-0.39, 0.29) is 11.9 Å². The highest BCUT2D eigenvalue weighted by atomic mass is 16.2. The number of aromatic nitrogens is 4. The molecule has 1 unspecified atom stereocenters. The van der Waals surface area contributed by atoms with Gasteiger partial charge in [-0.05, 0) is 69.9 Å². The molecule has 196 valence electrons. The number of rotatable bonds is 16. The van der Waals surface area contributed by atoms with E-state index in [4.69, 9.17) is 0 Å². The topological polar surface area (TPSA) is 84.2 Å². The predicted octanol–water partition coefficient (Wildman–Crippen LogP) is 4.87. The molecule has 0 aliphatic rings. The van der Waals surface area contributed by atoms with Gasteiger partial charge in [0.1, 0.15) is 11.6 Å². The number of unbranched alkanes of at least 4 members (excludes halogenated alkanes) is 1. The molecule has 2 aromatic heterocycles. The summed E-state index contributed by atoms with van der Waals surface area (Å²) in [6.45, 7) is 12.2. The summed E-state index contributed by atoms with van der Waals surface area (Å²) in [7, 11) is 1.90. The number of aromatic amines is 2. The van der Waals surface area contributed by atoms with E-state index in [1.807, 2.05) is 36.5 Å². The zero-order valence-electron chi connectivity index (χ0n) is 22.4. The van der Waals surface area contributed by atoms with Gasteiger partial charge in [0.05, 0.1) is 12.6 Å². The van der Waals surface area contributed by atoms with Crippen LogP contribution in [0.15, 0.2) is 49.1 Å². The van der Waals surface area contributed by atoms with Crippen LogP contribution in [0.5, 0.6) is 0 Å². The Morgan fingerprint density at radius 1 is 0.889 bits per heavy atom. The number of imidazole rings is 2. The highest BCUT2D eigenvalue weighted by Crippen LogP contribution is 2.22. The van der Waals surface area contributed by atoms with Crippen molar-refractivity contribution in [3.63, 3.8) is 0 Å². The van der Waals surface area contributed by atoms with Crippen LogP contribution in [0, 0.1) is 0 Å². The molecule has 0 fully saturated rings. The molecule has 0 saturated carbocycles. The highest BCUT2D eigenvalue weighted by Gasteiger charge is 2.20. The van der Waals surface area contributed by atoms with Crippen molar-refractivity contribution in [2.75, 3.05) is 33.2 Å². The van der Waals surface area contributed by atoms with E-state index >= 15 is 0 Å². The fraction of sp³-hybridized carbons (Fsp3) is 0.536. The van der Waals surface area contributed by atoms with Gasteiger partial charge in [-0.1, -0.05) is 26.0 Å². The van der Waals surface area contributed by atoms with E-state index in [1.165, 1.54) is 12.8 Å². The summed E-state index contributed by atoms with van der Waals surface area (Å²) in [4.78, 5) is 34.9. The van der Waals surface area contributed by atoms with E-state index in [1.54, 1.807) is 12.4 Å². The minimum Gasteiger partial charge on any atom is -0.348 e. The highest BCUT2D eigenvalue weighted by molar-refractivity contribution is 5.94. The van der Waals surface area contributed by atoms with Crippen LogP contribution in [0.25, 0.3) is 0 Å². The number of nitrogens with zero attached hydrogens (tertiary/aromatic N) is 5. The molecule has 1 atom stereocenters. The second-order valence-electron chi connectivity index (χ2n) is 9.56. The van der Waals surface area contributed by atoms with Crippen molar-refractivity contribution in [1.29, 1.82) is 0 Å². The molecule has 0 saturated heterocycles. The number of benzene rings is 1. The molecule has 0 spiro atoms. The monoisotopic (exact) mass is 493 g/mol. The molecule has 0 aliphatic carbocycles. The number of hydrogen-bond acceptors (Lipinski definition) is 5. The molecule has 8 heteroatoms. The minimum absolute atomic E-state index is 0.0805. The van der Waals surface area contributed by atoms with Crippen LogP contribution in [-0.2, 0) is 13.1 Å². The summed E-state index contributed by atoms with van der Waals surface area (Å²) in [5, 5.41) is 0. The van der Waals surface area contributed by atoms with Crippen molar-refractivity contribution in [2.45, 2.75) is 65.6 Å². The largest absolute Gasteiger partial charge is 0.348 e. The zero-order chi connectivity index (χ0) is 25.8. The van der Waals surface area contributed by atoms with Crippen LogP contribution >= 0.6 is 0 Å². The lowest BCUT2D eigenvalue weighted by Gasteiger charge is -2.27. The summed E-state index contributed by atoms with van der Waals surface area (Å²) in [6.07, 6.45) is 11.8. The van der Waals surface area contributed by atoms with E-state index in [0.29, 0.717) is 6.54 Å². The van der Waals surface area contributed by atoms with Gasteiger partial charge in [-0.15, -0.1) is 0 Å². The van der Waals surface area contributed by atoms with Gasteiger partial charge in [0.15, 0.2) is 0 Å². The molecule has 2 heterocycles. The maximum atomic E-state index is 13.0. The van der Waals surface area contributed by atoms with Gasteiger partial charge >= 0.3 is 0 Å². The Balaban J connectivity index is 1.54. The van der Waals surface area contributed by atoms with Gasteiger partial charge < -0.3 is 19.8 Å². The molecule has 2 N–H and O–H groups in total. The molecule has 1 amide bonds. The first-order valence-corrected chi connectivity index (χ1v) is 13.3. The number of H-pyrrole nitrogens is 2. The third-order valence-electron chi connectivity index (χ3n) is 6.60. The average Bonchev–Trinajstić information content (AvgIpc) is 3.61. The standard InChI is InChI=1S/C28H43N7O/c1-5-17-34(18-6-2)20-8-7-19-33(4)28(36)25-11-9-24(10-12-25)21-35(22-26-29-13-14-30-26)23(3)27-31-15-16-32-27/h9-16,23H,5-8,17-22H2,1-4H3,(H,29,30)(H,31,32). The molecule has 36 heavy (non-hydrogen) atoms. The van der Waals surface area contributed by atoms with Crippen LogP contribution < -0.4 is 0 Å². The molecule has 8 nitrogen and oxygen atoms in total. The third-order valence-corrected chi connectivity index (χ3v) is 6.60. The molecule has 0 bridgehead atoms. The Bertz CT molecular complexity index is 980. The van der Waals surface area contributed by atoms with Crippen molar-refractivity contribution in [3.05, 3.63) is 71.8 Å². The SMILES string of the molecule is CCCN(CCC)CCCCN(C)C(=O)c1ccc(CN(Cc2ncc[nH]2)C(C)c2ncc[nH]2)cc1. The van der Waals surface area contributed by atoms with Crippen molar-refractivity contribution in [1.82, 2.24) is 34.6 Å².